The Labute approximate surface area is 142 Å². The highest BCUT2D eigenvalue weighted by Crippen LogP contribution is 2.27. The van der Waals surface area contributed by atoms with Gasteiger partial charge in [0.25, 0.3) is 0 Å². The van der Waals surface area contributed by atoms with Gasteiger partial charge in [0.05, 0.1) is 0 Å². The molecule has 0 saturated heterocycles. The van der Waals surface area contributed by atoms with Crippen LogP contribution in [0.4, 0.5) is 4.39 Å². The molecule has 0 radical (unpaired) electrons. The first-order valence-electron chi connectivity index (χ1n) is 8.43. The first-order chi connectivity index (χ1) is 10.7. The monoisotopic (exact) mass is 316 g/mol. The fourth-order valence-electron chi connectivity index (χ4n) is 2.05. The fourth-order valence-corrected chi connectivity index (χ4v) is 2.05. The summed E-state index contributed by atoms with van der Waals surface area (Å²) in [4.78, 5) is 0. The van der Waals surface area contributed by atoms with E-state index in [1.807, 2.05) is 0 Å². The van der Waals surface area contributed by atoms with E-state index in [9.17, 15) is 4.39 Å². The minimum atomic E-state index is -1.14. The van der Waals surface area contributed by atoms with Crippen LogP contribution in [0.1, 0.15) is 58.8 Å². The summed E-state index contributed by atoms with van der Waals surface area (Å²) in [5, 5.41) is 0. The van der Waals surface area contributed by atoms with E-state index in [4.69, 9.17) is 0 Å². The van der Waals surface area contributed by atoms with Crippen molar-refractivity contribution in [2.75, 3.05) is 0 Å². The third-order valence-electron chi connectivity index (χ3n) is 4.32. The smallest absolute Gasteiger partial charge is 0.129 e. The predicted molar refractivity (Wildman–Crippen MR) is 103 cm³/mol. The zero-order valence-electron chi connectivity index (χ0n) is 15.1. The van der Waals surface area contributed by atoms with Crippen molar-refractivity contribution < 1.29 is 4.39 Å². The lowest BCUT2D eigenvalue weighted by molar-refractivity contribution is 0.383. The molecular weight excluding hydrogens is 283 g/mol. The zero-order chi connectivity index (χ0) is 18.0. The van der Waals surface area contributed by atoms with E-state index in [2.05, 4.69) is 53.3 Å². The Morgan fingerprint density at radius 1 is 0.696 bits per heavy atom. The molecule has 128 valence electrons. The van der Waals surface area contributed by atoms with Gasteiger partial charge in [-0.3, -0.25) is 0 Å². The highest BCUT2D eigenvalue weighted by molar-refractivity contribution is 5.34. The van der Waals surface area contributed by atoms with Crippen molar-refractivity contribution in [1.29, 1.82) is 0 Å². The van der Waals surface area contributed by atoms with Crippen molar-refractivity contribution in [3.8, 4) is 0 Å². The van der Waals surface area contributed by atoms with Crippen molar-refractivity contribution in [3.05, 3.63) is 72.9 Å². The first kappa shape index (κ1) is 21.4. The Kier molecular flexibility index (Phi) is 10.2. The predicted octanol–water partition coefficient (Wildman–Crippen LogP) is 7.43. The Morgan fingerprint density at radius 3 is 1.57 bits per heavy atom. The molecular formula is C22H33F. The van der Waals surface area contributed by atoms with E-state index in [0.29, 0.717) is 5.57 Å². The molecule has 0 saturated carbocycles. The largest absolute Gasteiger partial charge is 0.242 e. The normalized spacial score (nSPS) is 11.6. The maximum atomic E-state index is 14.4. The van der Waals surface area contributed by atoms with Crippen LogP contribution in [0.3, 0.4) is 0 Å². The second-order valence-electron chi connectivity index (χ2n) is 6.21. The van der Waals surface area contributed by atoms with Crippen LogP contribution in [0.25, 0.3) is 0 Å². The minimum absolute atomic E-state index is 0.240. The SMILES string of the molecule is C=C(CC)CCC(=C)C(=C)CC(F)C(=C)C(=C)CCC(=C)CC. The van der Waals surface area contributed by atoms with E-state index in [-0.39, 0.29) is 6.42 Å². The van der Waals surface area contributed by atoms with Gasteiger partial charge in [-0.1, -0.05) is 70.0 Å². The average molecular weight is 317 g/mol. The van der Waals surface area contributed by atoms with Gasteiger partial charge in [0.15, 0.2) is 0 Å². The van der Waals surface area contributed by atoms with E-state index in [1.54, 1.807) is 0 Å². The molecule has 1 atom stereocenters. The van der Waals surface area contributed by atoms with Gasteiger partial charge in [-0.25, -0.2) is 4.39 Å². The van der Waals surface area contributed by atoms with Gasteiger partial charge < -0.3 is 0 Å². The van der Waals surface area contributed by atoms with E-state index in [1.165, 1.54) is 5.57 Å². The molecule has 1 unspecified atom stereocenters. The average Bonchev–Trinajstić information content (AvgIpc) is 2.55. The molecule has 0 nitrogen and oxygen atoms in total. The molecule has 0 aromatic rings. The molecule has 23 heavy (non-hydrogen) atoms. The fraction of sp³-hybridized carbons (Fsp3) is 0.455. The topological polar surface area (TPSA) is 0 Å². The van der Waals surface area contributed by atoms with Gasteiger partial charge in [-0.2, -0.15) is 0 Å². The number of hydrogen-bond acceptors (Lipinski definition) is 0. The van der Waals surface area contributed by atoms with Crippen molar-refractivity contribution >= 4 is 0 Å². The molecule has 0 rings (SSSR count). The van der Waals surface area contributed by atoms with Crippen molar-refractivity contribution in [1.82, 2.24) is 0 Å². The van der Waals surface area contributed by atoms with Gasteiger partial charge in [0, 0.05) is 6.42 Å². The van der Waals surface area contributed by atoms with E-state index in [0.717, 1.165) is 60.8 Å². The lowest BCUT2D eigenvalue weighted by Gasteiger charge is -2.17. The second kappa shape index (κ2) is 11.0. The number of allylic oxidation sites excluding steroid dienone is 6. The van der Waals surface area contributed by atoms with Crippen molar-refractivity contribution in [2.24, 2.45) is 0 Å². The van der Waals surface area contributed by atoms with Crippen LogP contribution in [0.2, 0.25) is 0 Å². The summed E-state index contributed by atoms with van der Waals surface area (Å²) in [6, 6.07) is 0. The minimum Gasteiger partial charge on any atom is -0.242 e. The summed E-state index contributed by atoms with van der Waals surface area (Å²) in [5.74, 6) is 0. The Hall–Kier alpha value is -1.63. The molecule has 0 spiro atoms. The molecule has 0 amide bonds. The van der Waals surface area contributed by atoms with Gasteiger partial charge in [0.2, 0.25) is 0 Å². The third kappa shape index (κ3) is 8.54. The lowest BCUT2D eigenvalue weighted by Crippen LogP contribution is -2.08. The van der Waals surface area contributed by atoms with Gasteiger partial charge >= 0.3 is 0 Å². The van der Waals surface area contributed by atoms with Crippen LogP contribution in [0.5, 0.6) is 0 Å². The standard InChI is InChI=1S/C22H33F/c1-9-16(3)11-13-18(5)20(7)15-22(23)21(8)19(6)14-12-17(4)10-2/h22H,3-15H2,1-2H3. The van der Waals surface area contributed by atoms with Gasteiger partial charge in [-0.05, 0) is 55.2 Å². The van der Waals surface area contributed by atoms with Gasteiger partial charge in [0.1, 0.15) is 6.17 Å². The third-order valence-corrected chi connectivity index (χ3v) is 4.32. The molecule has 0 aromatic carbocycles. The molecule has 0 aliphatic rings. The van der Waals surface area contributed by atoms with E-state index < -0.39 is 6.17 Å². The molecule has 0 heterocycles. The highest BCUT2D eigenvalue weighted by Gasteiger charge is 2.16. The maximum Gasteiger partial charge on any atom is 0.129 e. The first-order valence-corrected chi connectivity index (χ1v) is 8.43. The van der Waals surface area contributed by atoms with Crippen molar-refractivity contribution in [2.45, 2.75) is 65.0 Å². The number of alkyl halides is 1. The summed E-state index contributed by atoms with van der Waals surface area (Å²) in [7, 11) is 0. The lowest BCUT2D eigenvalue weighted by atomic mass is 9.91. The molecule has 1 heteroatoms. The summed E-state index contributed by atoms with van der Waals surface area (Å²) in [6.45, 7) is 27.9. The van der Waals surface area contributed by atoms with E-state index >= 15 is 0 Å². The van der Waals surface area contributed by atoms with Gasteiger partial charge in [-0.15, -0.1) is 0 Å². The molecule has 0 aromatic heterocycles. The molecule has 0 fully saturated rings. The summed E-state index contributed by atoms with van der Waals surface area (Å²) < 4.78 is 14.4. The number of hydrogen-bond donors (Lipinski definition) is 0. The summed E-state index contributed by atoms with van der Waals surface area (Å²) >= 11 is 0. The second-order valence-corrected chi connectivity index (χ2v) is 6.21. The number of rotatable bonds is 13. The van der Waals surface area contributed by atoms with Crippen LogP contribution in [0, 0.1) is 0 Å². The molecule has 0 N–H and O–H groups in total. The Balaban J connectivity index is 4.36. The summed E-state index contributed by atoms with van der Waals surface area (Å²) in [5.41, 5.74) is 5.24. The molecule has 0 aliphatic heterocycles. The number of halogens is 1. The Morgan fingerprint density at radius 2 is 1.13 bits per heavy atom. The zero-order valence-corrected chi connectivity index (χ0v) is 15.1. The van der Waals surface area contributed by atoms with Crippen LogP contribution < -0.4 is 0 Å². The molecule has 0 bridgehead atoms. The van der Waals surface area contributed by atoms with Crippen LogP contribution in [-0.4, -0.2) is 6.17 Å². The quantitative estimate of drug-likeness (QED) is 0.245. The maximum absolute atomic E-state index is 14.4. The molecule has 0 aliphatic carbocycles. The van der Waals surface area contributed by atoms with Crippen molar-refractivity contribution in [3.63, 3.8) is 0 Å². The summed E-state index contributed by atoms with van der Waals surface area (Å²) in [6.07, 6.45) is 4.24. The van der Waals surface area contributed by atoms with Crippen LogP contribution >= 0.6 is 0 Å². The van der Waals surface area contributed by atoms with Crippen LogP contribution in [0.15, 0.2) is 72.9 Å². The highest BCUT2D eigenvalue weighted by atomic mass is 19.1. The van der Waals surface area contributed by atoms with Crippen LogP contribution in [-0.2, 0) is 0 Å². The Bertz CT molecular complexity index is 490.